The topological polar surface area (TPSA) is 147 Å². The first kappa shape index (κ1) is 28.3. The smallest absolute Gasteiger partial charge is 0.459 e. The van der Waals surface area contributed by atoms with Crippen LogP contribution in [0.3, 0.4) is 0 Å². The Labute approximate surface area is 220 Å². The number of esters is 1. The molecule has 1 aromatic heterocycles. The number of hydrogen-bond donors (Lipinski definition) is 2. The zero-order valence-corrected chi connectivity index (χ0v) is 22.4. The summed E-state index contributed by atoms with van der Waals surface area (Å²) in [5.74, 6) is 0.0525. The fourth-order valence-electron chi connectivity index (χ4n) is 4.31. The van der Waals surface area contributed by atoms with Gasteiger partial charge in [-0.3, -0.25) is 23.7 Å². The Balaban J connectivity index is 1.37. The van der Waals surface area contributed by atoms with Crippen LogP contribution in [-0.4, -0.2) is 47.7 Å². The number of rotatable bonds is 11. The van der Waals surface area contributed by atoms with E-state index in [1.807, 2.05) is 0 Å². The number of carbonyl (C=O) groups is 1. The van der Waals surface area contributed by atoms with Crippen molar-refractivity contribution >= 4 is 13.7 Å². The van der Waals surface area contributed by atoms with Crippen LogP contribution in [0.25, 0.3) is 0 Å². The summed E-state index contributed by atoms with van der Waals surface area (Å²) < 4.78 is 42.9. The summed E-state index contributed by atoms with van der Waals surface area (Å²) in [6, 6.07) is 7.42. The van der Waals surface area contributed by atoms with Gasteiger partial charge in [0.2, 0.25) is 0 Å². The SMILES string of the molecule is Cc1cn([C@H]2CO[C@@H](COP(=O)(NC(C)C(=O)OCC3CCCCC3)Oc3ccccc3)O2)c(=O)[nH]c1=O. The summed E-state index contributed by atoms with van der Waals surface area (Å²) in [4.78, 5) is 38.7. The molecular formula is C25H34N3O9P. The molecule has 1 saturated heterocycles. The highest BCUT2D eigenvalue weighted by Crippen LogP contribution is 2.45. The number of aromatic nitrogens is 2. The molecule has 13 heteroatoms. The number of benzene rings is 1. The lowest BCUT2D eigenvalue weighted by Gasteiger charge is -2.25. The van der Waals surface area contributed by atoms with Gasteiger partial charge in [-0.1, -0.05) is 37.5 Å². The van der Waals surface area contributed by atoms with E-state index < -0.39 is 43.5 Å². The molecule has 2 heterocycles. The Kier molecular flexibility index (Phi) is 9.56. The second-order valence-corrected chi connectivity index (χ2v) is 11.2. The maximum Gasteiger partial charge on any atom is 0.459 e. The number of ether oxygens (including phenoxy) is 3. The molecule has 2 aliphatic rings. The molecule has 1 aliphatic heterocycles. The molecule has 4 rings (SSSR count). The monoisotopic (exact) mass is 551 g/mol. The standard InChI is InChI=1S/C25H34N3O9P/c1-17-13-28(25(31)26-23(17)29)21-15-33-22(36-21)16-35-38(32,37-20-11-7-4-8-12-20)27-18(2)24(30)34-14-19-9-5-3-6-10-19/h4,7-8,11-13,18-19,21-22H,3,5-6,9-10,14-16H2,1-2H3,(H,27,32)(H,26,29,31)/t18?,21-,22-,38?/m1/s1. The summed E-state index contributed by atoms with van der Waals surface area (Å²) in [7, 11) is -4.10. The van der Waals surface area contributed by atoms with Crippen LogP contribution in [0.1, 0.15) is 50.8 Å². The highest BCUT2D eigenvalue weighted by molar-refractivity contribution is 7.52. The second-order valence-electron chi connectivity index (χ2n) is 9.51. The Hall–Kier alpha value is -2.76. The summed E-state index contributed by atoms with van der Waals surface area (Å²) in [5.41, 5.74) is -0.792. The van der Waals surface area contributed by atoms with E-state index in [1.54, 1.807) is 37.3 Å². The third-order valence-electron chi connectivity index (χ3n) is 6.43. The van der Waals surface area contributed by atoms with Crippen molar-refractivity contribution in [3.05, 3.63) is 62.9 Å². The molecule has 0 amide bonds. The number of aromatic amines is 1. The average Bonchev–Trinajstić information content (AvgIpc) is 3.38. The number of H-pyrrole nitrogens is 1. The van der Waals surface area contributed by atoms with Crippen molar-refractivity contribution in [3.63, 3.8) is 0 Å². The molecule has 12 nitrogen and oxygen atoms in total. The maximum atomic E-state index is 13.7. The van der Waals surface area contributed by atoms with Crippen LogP contribution >= 0.6 is 7.75 Å². The van der Waals surface area contributed by atoms with E-state index in [4.69, 9.17) is 23.3 Å². The molecule has 0 bridgehead atoms. The lowest BCUT2D eigenvalue weighted by atomic mass is 9.90. The fourth-order valence-corrected chi connectivity index (χ4v) is 5.79. The zero-order chi connectivity index (χ0) is 27.1. The van der Waals surface area contributed by atoms with Crippen molar-refractivity contribution in [1.29, 1.82) is 0 Å². The number of nitrogens with one attached hydrogen (secondary N) is 2. The van der Waals surface area contributed by atoms with Gasteiger partial charge >= 0.3 is 19.4 Å². The quantitative estimate of drug-likeness (QED) is 0.315. The van der Waals surface area contributed by atoms with Crippen molar-refractivity contribution in [2.24, 2.45) is 5.92 Å². The van der Waals surface area contributed by atoms with Gasteiger partial charge in [-0.15, -0.1) is 0 Å². The van der Waals surface area contributed by atoms with Crippen LogP contribution < -0.4 is 20.9 Å². The minimum atomic E-state index is -4.10. The Morgan fingerprint density at radius 1 is 1.18 bits per heavy atom. The van der Waals surface area contributed by atoms with Crippen LogP contribution in [-0.2, 0) is 28.1 Å². The van der Waals surface area contributed by atoms with E-state index in [9.17, 15) is 18.9 Å². The molecule has 1 saturated carbocycles. The van der Waals surface area contributed by atoms with Crippen molar-refractivity contribution in [1.82, 2.24) is 14.6 Å². The van der Waals surface area contributed by atoms with Crippen LogP contribution in [0.15, 0.2) is 46.1 Å². The molecule has 4 atom stereocenters. The minimum absolute atomic E-state index is 0.000580. The Bertz CT molecular complexity index is 1240. The predicted octanol–water partition coefficient (Wildman–Crippen LogP) is 3.02. The number of nitrogens with zero attached hydrogens (tertiary/aromatic N) is 1. The number of carbonyl (C=O) groups excluding carboxylic acids is 1. The predicted molar refractivity (Wildman–Crippen MR) is 137 cm³/mol. The van der Waals surface area contributed by atoms with Crippen molar-refractivity contribution in [2.45, 2.75) is 64.5 Å². The summed E-state index contributed by atoms with van der Waals surface area (Å²) in [6.45, 7) is 3.09. The van der Waals surface area contributed by atoms with Gasteiger partial charge in [0, 0.05) is 11.8 Å². The third kappa shape index (κ3) is 7.64. The molecule has 2 aromatic rings. The lowest BCUT2D eigenvalue weighted by molar-refractivity contribution is -0.147. The van der Waals surface area contributed by atoms with E-state index in [1.165, 1.54) is 24.1 Å². The van der Waals surface area contributed by atoms with Gasteiger partial charge in [0.05, 0.1) is 13.2 Å². The van der Waals surface area contributed by atoms with Crippen LogP contribution in [0, 0.1) is 12.8 Å². The van der Waals surface area contributed by atoms with Crippen molar-refractivity contribution < 1.29 is 32.6 Å². The molecule has 0 spiro atoms. The normalized spacial score (nSPS) is 22.5. The Morgan fingerprint density at radius 2 is 1.92 bits per heavy atom. The summed E-state index contributed by atoms with van der Waals surface area (Å²) in [5, 5.41) is 2.65. The van der Waals surface area contributed by atoms with Gasteiger partial charge in [-0.05, 0) is 44.7 Å². The van der Waals surface area contributed by atoms with Gasteiger partial charge < -0.3 is 18.7 Å². The van der Waals surface area contributed by atoms with Crippen molar-refractivity contribution in [3.8, 4) is 5.75 Å². The molecule has 38 heavy (non-hydrogen) atoms. The highest BCUT2D eigenvalue weighted by Gasteiger charge is 2.36. The highest BCUT2D eigenvalue weighted by atomic mass is 31.2. The van der Waals surface area contributed by atoms with Gasteiger partial charge in [0.1, 0.15) is 18.4 Å². The second kappa shape index (κ2) is 12.9. The summed E-state index contributed by atoms with van der Waals surface area (Å²) >= 11 is 0. The van der Waals surface area contributed by atoms with Gasteiger partial charge in [0.15, 0.2) is 12.5 Å². The molecule has 1 aliphatic carbocycles. The van der Waals surface area contributed by atoms with E-state index in [-0.39, 0.29) is 19.0 Å². The van der Waals surface area contributed by atoms with E-state index in [2.05, 4.69) is 10.1 Å². The van der Waals surface area contributed by atoms with Gasteiger partial charge in [-0.25, -0.2) is 9.36 Å². The number of hydrogen-bond acceptors (Lipinski definition) is 9. The first-order valence-electron chi connectivity index (χ1n) is 12.8. The number of aryl methyl sites for hydroxylation is 1. The molecule has 1 aromatic carbocycles. The first-order valence-corrected chi connectivity index (χ1v) is 14.3. The van der Waals surface area contributed by atoms with Crippen LogP contribution in [0.5, 0.6) is 5.75 Å². The fraction of sp³-hybridized carbons (Fsp3) is 0.560. The molecule has 2 unspecified atom stereocenters. The lowest BCUT2D eigenvalue weighted by Crippen LogP contribution is -2.36. The molecule has 0 radical (unpaired) electrons. The van der Waals surface area contributed by atoms with Crippen LogP contribution in [0.4, 0.5) is 0 Å². The molecule has 2 N–H and O–H groups in total. The largest absolute Gasteiger partial charge is 0.464 e. The molecule has 208 valence electrons. The zero-order valence-electron chi connectivity index (χ0n) is 21.5. The van der Waals surface area contributed by atoms with Crippen molar-refractivity contribution in [2.75, 3.05) is 19.8 Å². The first-order chi connectivity index (χ1) is 18.2. The molecular weight excluding hydrogens is 517 g/mol. The summed E-state index contributed by atoms with van der Waals surface area (Å²) in [6.07, 6.45) is 5.10. The van der Waals surface area contributed by atoms with E-state index in [0.717, 1.165) is 25.7 Å². The van der Waals surface area contributed by atoms with Gasteiger partial charge in [-0.2, -0.15) is 5.09 Å². The Morgan fingerprint density at radius 3 is 2.66 bits per heavy atom. The van der Waals surface area contributed by atoms with Gasteiger partial charge in [0.25, 0.3) is 5.56 Å². The maximum absolute atomic E-state index is 13.7. The van der Waals surface area contributed by atoms with Crippen LogP contribution in [0.2, 0.25) is 0 Å². The van der Waals surface area contributed by atoms with E-state index in [0.29, 0.717) is 18.1 Å². The molecule has 2 fully saturated rings. The minimum Gasteiger partial charge on any atom is -0.464 e. The van der Waals surface area contributed by atoms with E-state index >= 15 is 0 Å². The average molecular weight is 552 g/mol. The number of para-hydroxylation sites is 1. The third-order valence-corrected chi connectivity index (χ3v) is 8.07.